The number of likely N-dealkylation sites (tertiary alicyclic amines) is 1. The number of likely N-dealkylation sites (N-methyl/N-ethyl adjacent to an activating group) is 1. The number of benzene rings is 1. The number of nitrogens with zero attached hydrogens (tertiary/aromatic N) is 1. The van der Waals surface area contributed by atoms with Crippen molar-refractivity contribution in [3.63, 3.8) is 0 Å². The molecule has 0 radical (unpaired) electrons. The summed E-state index contributed by atoms with van der Waals surface area (Å²) in [6, 6.07) is 7.81. The highest BCUT2D eigenvalue weighted by molar-refractivity contribution is 5.86. The van der Waals surface area contributed by atoms with Gasteiger partial charge in [-0.15, -0.1) is 0 Å². The minimum Gasteiger partial charge on any atom is -0.491 e. The molecule has 1 aliphatic rings. The van der Waals surface area contributed by atoms with E-state index in [9.17, 15) is 4.79 Å². The van der Waals surface area contributed by atoms with E-state index in [0.29, 0.717) is 30.7 Å². The number of rotatable bonds is 8. The van der Waals surface area contributed by atoms with E-state index in [1.807, 2.05) is 24.3 Å². The summed E-state index contributed by atoms with van der Waals surface area (Å²) in [5.41, 5.74) is 0.660. The zero-order valence-corrected chi connectivity index (χ0v) is 14.2. The second-order valence-corrected chi connectivity index (χ2v) is 5.85. The fourth-order valence-corrected chi connectivity index (χ4v) is 2.84. The molecule has 1 heterocycles. The van der Waals surface area contributed by atoms with Gasteiger partial charge in [0.05, 0.1) is 12.3 Å². The van der Waals surface area contributed by atoms with Crippen LogP contribution in [0.15, 0.2) is 24.3 Å². The van der Waals surface area contributed by atoms with Crippen LogP contribution < -0.4 is 10.1 Å². The van der Waals surface area contributed by atoms with Gasteiger partial charge in [-0.25, -0.2) is 4.79 Å². The Morgan fingerprint density at radius 3 is 2.96 bits per heavy atom. The molecule has 0 saturated carbocycles. The van der Waals surface area contributed by atoms with E-state index in [2.05, 4.69) is 24.1 Å². The molecular weight excluding hydrogens is 292 g/mol. The minimum atomic E-state index is -0.417. The Hall–Kier alpha value is -1.75. The van der Waals surface area contributed by atoms with Crippen LogP contribution in [0.3, 0.4) is 0 Å². The van der Waals surface area contributed by atoms with Crippen LogP contribution in [0.1, 0.15) is 39.5 Å². The molecule has 1 atom stereocenters. The molecule has 128 valence electrons. The highest BCUT2D eigenvalue weighted by Gasteiger charge is 2.24. The highest BCUT2D eigenvalue weighted by Crippen LogP contribution is 2.24. The molecule has 0 aromatic heterocycles. The second-order valence-electron chi connectivity index (χ2n) is 5.85. The first-order valence-electron chi connectivity index (χ1n) is 8.64. The van der Waals surface area contributed by atoms with Gasteiger partial charge in [-0.2, -0.15) is 0 Å². The van der Waals surface area contributed by atoms with Crippen LogP contribution in [0.4, 0.5) is 10.5 Å². The van der Waals surface area contributed by atoms with Crippen molar-refractivity contribution in [1.29, 1.82) is 0 Å². The summed E-state index contributed by atoms with van der Waals surface area (Å²) >= 11 is 0. The molecule has 5 heteroatoms. The van der Waals surface area contributed by atoms with Crippen molar-refractivity contribution in [3.05, 3.63) is 24.3 Å². The van der Waals surface area contributed by atoms with Crippen molar-refractivity contribution in [2.24, 2.45) is 0 Å². The molecular formula is C18H28N2O3. The van der Waals surface area contributed by atoms with Gasteiger partial charge in [-0.05, 0) is 44.5 Å². The van der Waals surface area contributed by atoms with Gasteiger partial charge in [0.15, 0.2) is 0 Å². The molecule has 0 aliphatic carbocycles. The van der Waals surface area contributed by atoms with Crippen LogP contribution in [-0.2, 0) is 4.74 Å². The van der Waals surface area contributed by atoms with E-state index >= 15 is 0 Å². The van der Waals surface area contributed by atoms with Gasteiger partial charge >= 0.3 is 6.09 Å². The molecule has 1 aliphatic heterocycles. The topological polar surface area (TPSA) is 50.8 Å². The molecule has 1 N–H and O–H groups in total. The van der Waals surface area contributed by atoms with Crippen LogP contribution in [0.2, 0.25) is 0 Å². The Morgan fingerprint density at radius 2 is 2.17 bits per heavy atom. The van der Waals surface area contributed by atoms with Crippen LogP contribution in [-0.4, -0.2) is 43.3 Å². The number of anilines is 1. The molecule has 1 unspecified atom stereocenters. The lowest BCUT2D eigenvalue weighted by Crippen LogP contribution is -2.34. The van der Waals surface area contributed by atoms with Crippen molar-refractivity contribution in [1.82, 2.24) is 4.90 Å². The zero-order chi connectivity index (χ0) is 16.5. The van der Waals surface area contributed by atoms with E-state index in [-0.39, 0.29) is 0 Å². The quantitative estimate of drug-likeness (QED) is 0.738. The molecule has 1 fully saturated rings. The summed E-state index contributed by atoms with van der Waals surface area (Å²) in [5.74, 6) is 0.689. The maximum Gasteiger partial charge on any atom is 0.411 e. The Bertz CT molecular complexity index is 493. The monoisotopic (exact) mass is 320 g/mol. The Balaban J connectivity index is 1.82. The Labute approximate surface area is 139 Å². The zero-order valence-electron chi connectivity index (χ0n) is 14.2. The van der Waals surface area contributed by atoms with Crippen LogP contribution in [0, 0.1) is 0 Å². The van der Waals surface area contributed by atoms with Gasteiger partial charge < -0.3 is 9.47 Å². The van der Waals surface area contributed by atoms with E-state index < -0.39 is 6.09 Å². The van der Waals surface area contributed by atoms with Crippen LogP contribution in [0.25, 0.3) is 0 Å². The third kappa shape index (κ3) is 5.43. The SMILES string of the molecule is CCCCOc1ccccc1NC(=O)OCC1CCCN1CC. The summed E-state index contributed by atoms with van der Waals surface area (Å²) in [5, 5.41) is 2.79. The highest BCUT2D eigenvalue weighted by atomic mass is 16.5. The largest absolute Gasteiger partial charge is 0.491 e. The number of hydrogen-bond donors (Lipinski definition) is 1. The Kier molecular flexibility index (Phi) is 7.20. The maximum atomic E-state index is 12.0. The molecule has 1 aromatic rings. The number of para-hydroxylation sites is 2. The van der Waals surface area contributed by atoms with Crippen molar-refractivity contribution in [2.75, 3.05) is 31.6 Å². The number of unbranched alkanes of at least 4 members (excludes halogenated alkanes) is 1. The molecule has 1 amide bonds. The average molecular weight is 320 g/mol. The van der Waals surface area contributed by atoms with Gasteiger partial charge in [0.25, 0.3) is 0 Å². The number of carbonyl (C=O) groups excluding carboxylic acids is 1. The van der Waals surface area contributed by atoms with Crippen molar-refractivity contribution in [3.8, 4) is 5.75 Å². The van der Waals surface area contributed by atoms with Gasteiger partial charge in [0, 0.05) is 6.04 Å². The summed E-state index contributed by atoms with van der Waals surface area (Å²) in [4.78, 5) is 14.4. The van der Waals surface area contributed by atoms with Crippen LogP contribution in [0.5, 0.6) is 5.75 Å². The van der Waals surface area contributed by atoms with Crippen molar-refractivity contribution in [2.45, 2.75) is 45.6 Å². The minimum absolute atomic E-state index is 0.349. The van der Waals surface area contributed by atoms with E-state index in [1.54, 1.807) is 0 Å². The number of nitrogens with one attached hydrogen (secondary N) is 1. The van der Waals surface area contributed by atoms with E-state index in [1.165, 1.54) is 6.42 Å². The first-order valence-corrected chi connectivity index (χ1v) is 8.64. The third-order valence-corrected chi connectivity index (χ3v) is 4.19. The molecule has 0 bridgehead atoms. The van der Waals surface area contributed by atoms with Gasteiger partial charge in [-0.1, -0.05) is 32.4 Å². The fraction of sp³-hybridized carbons (Fsp3) is 0.611. The molecule has 5 nitrogen and oxygen atoms in total. The van der Waals surface area contributed by atoms with Gasteiger partial charge in [-0.3, -0.25) is 10.2 Å². The summed E-state index contributed by atoms with van der Waals surface area (Å²) in [6.45, 7) is 7.45. The lowest BCUT2D eigenvalue weighted by Gasteiger charge is -2.22. The molecule has 1 saturated heterocycles. The third-order valence-electron chi connectivity index (χ3n) is 4.19. The first-order chi connectivity index (χ1) is 11.2. The van der Waals surface area contributed by atoms with Gasteiger partial charge in [0.2, 0.25) is 0 Å². The number of ether oxygens (including phenoxy) is 2. The fourth-order valence-electron chi connectivity index (χ4n) is 2.84. The average Bonchev–Trinajstić information content (AvgIpc) is 3.02. The smallest absolute Gasteiger partial charge is 0.411 e. The normalized spacial score (nSPS) is 17.9. The van der Waals surface area contributed by atoms with E-state index in [4.69, 9.17) is 9.47 Å². The predicted molar refractivity (Wildman–Crippen MR) is 92.1 cm³/mol. The maximum absolute atomic E-state index is 12.0. The lowest BCUT2D eigenvalue weighted by atomic mass is 10.2. The molecule has 2 rings (SSSR count). The van der Waals surface area contributed by atoms with E-state index in [0.717, 1.165) is 32.4 Å². The first kappa shape index (κ1) is 17.6. The summed E-state index contributed by atoms with van der Waals surface area (Å²) < 4.78 is 11.1. The van der Waals surface area contributed by atoms with Crippen molar-refractivity contribution < 1.29 is 14.3 Å². The van der Waals surface area contributed by atoms with Crippen molar-refractivity contribution >= 4 is 11.8 Å². The molecule has 0 spiro atoms. The molecule has 23 heavy (non-hydrogen) atoms. The number of carbonyl (C=O) groups is 1. The lowest BCUT2D eigenvalue weighted by molar-refractivity contribution is 0.120. The number of amides is 1. The second kappa shape index (κ2) is 9.40. The predicted octanol–water partition coefficient (Wildman–Crippen LogP) is 3.90. The summed E-state index contributed by atoms with van der Waals surface area (Å²) in [6.07, 6.45) is 3.93. The van der Waals surface area contributed by atoms with Crippen LogP contribution >= 0.6 is 0 Å². The summed E-state index contributed by atoms with van der Waals surface area (Å²) in [7, 11) is 0. The number of hydrogen-bond acceptors (Lipinski definition) is 4. The standard InChI is InChI=1S/C18H28N2O3/c1-3-5-13-22-17-11-7-6-10-16(17)19-18(21)23-14-15-9-8-12-20(15)4-2/h6-7,10-11,15H,3-5,8-9,12-14H2,1-2H3,(H,19,21). The molecule has 1 aromatic carbocycles. The van der Waals surface area contributed by atoms with Gasteiger partial charge in [0.1, 0.15) is 12.4 Å². The Morgan fingerprint density at radius 1 is 1.35 bits per heavy atom.